The number of alkyl halides is 6. The van der Waals surface area contributed by atoms with E-state index < -0.39 is 83.7 Å². The summed E-state index contributed by atoms with van der Waals surface area (Å²) in [7, 11) is 2.28. The SMILES string of the molecule is COc1c(NC(=O)N[C@@H]2Cc3c(F)cccc3[C@@H]2O)cc(N2CCCC2)cc1[C@@H](O)C(F)(F)F.COc1c(NC(=O)N[C@@H]2Cc3c(F)cccc3[C@@H]2O)cc(N2CCCC2)cc1[C@H](O)C(F)(F)F. The molecule has 4 amide bonds. The molecule has 0 saturated carbocycles. The van der Waals surface area contributed by atoms with Crippen molar-refractivity contribution in [3.63, 3.8) is 0 Å². The first-order valence-corrected chi connectivity index (χ1v) is 21.7. The highest BCUT2D eigenvalue weighted by Gasteiger charge is 2.44. The summed E-state index contributed by atoms with van der Waals surface area (Å²) in [5.41, 5.74) is 0.954. The highest BCUT2D eigenvalue weighted by Crippen LogP contribution is 2.46. The van der Waals surface area contributed by atoms with Crippen molar-refractivity contribution < 1.29 is 74.6 Å². The molecule has 0 aromatic heterocycles. The number of nitrogens with one attached hydrogen (secondary N) is 4. The van der Waals surface area contributed by atoms with Gasteiger partial charge in [0.25, 0.3) is 0 Å². The lowest BCUT2D eigenvalue weighted by molar-refractivity contribution is -0.207. The molecule has 2 fully saturated rings. The van der Waals surface area contributed by atoms with Crippen LogP contribution in [0.4, 0.5) is 67.5 Å². The molecule has 68 heavy (non-hydrogen) atoms. The molecule has 4 aromatic rings. The summed E-state index contributed by atoms with van der Waals surface area (Å²) >= 11 is 0. The largest absolute Gasteiger partial charge is 0.494 e. The zero-order valence-electron chi connectivity index (χ0n) is 36.6. The molecule has 22 heteroatoms. The lowest BCUT2D eigenvalue weighted by Crippen LogP contribution is -2.40. The number of aliphatic hydroxyl groups is 4. The molecule has 0 bridgehead atoms. The number of halogens is 8. The second-order valence-electron chi connectivity index (χ2n) is 16.8. The number of hydrogen-bond acceptors (Lipinski definition) is 10. The van der Waals surface area contributed by atoms with E-state index in [1.165, 1.54) is 48.5 Å². The number of urea groups is 2. The Kier molecular flexibility index (Phi) is 14.8. The Morgan fingerprint density at radius 1 is 0.618 bits per heavy atom. The number of ether oxygens (including phenoxy) is 2. The highest BCUT2D eigenvalue weighted by molar-refractivity contribution is 5.93. The lowest BCUT2D eigenvalue weighted by Gasteiger charge is -2.25. The van der Waals surface area contributed by atoms with Crippen LogP contribution in [-0.4, -0.2) is 97.3 Å². The average molecular weight is 967 g/mol. The number of rotatable bonds is 10. The van der Waals surface area contributed by atoms with Crippen LogP contribution >= 0.6 is 0 Å². The first-order chi connectivity index (χ1) is 32.2. The van der Waals surface area contributed by atoms with Gasteiger partial charge in [0, 0.05) is 48.7 Å². The smallest absolute Gasteiger partial charge is 0.418 e. The molecule has 2 aliphatic heterocycles. The molecule has 6 atom stereocenters. The fourth-order valence-electron chi connectivity index (χ4n) is 9.13. The monoisotopic (exact) mass is 966 g/mol. The topological polar surface area (TPSA) is 188 Å². The minimum absolute atomic E-state index is 0.0551. The second-order valence-corrected chi connectivity index (χ2v) is 16.8. The van der Waals surface area contributed by atoms with E-state index in [9.17, 15) is 65.1 Å². The maximum absolute atomic E-state index is 14.1. The van der Waals surface area contributed by atoms with Gasteiger partial charge in [0.2, 0.25) is 0 Å². The number of benzene rings is 4. The van der Waals surface area contributed by atoms with Gasteiger partial charge in [-0.1, -0.05) is 24.3 Å². The Hall–Kier alpha value is -6.10. The van der Waals surface area contributed by atoms with Crippen LogP contribution < -0.4 is 40.5 Å². The summed E-state index contributed by atoms with van der Waals surface area (Å²) in [4.78, 5) is 29.2. The normalized spacial score (nSPS) is 20.7. The molecule has 2 aliphatic carbocycles. The lowest BCUT2D eigenvalue weighted by atomic mass is 10.0. The summed E-state index contributed by atoms with van der Waals surface area (Å²) < 4.78 is 119. The van der Waals surface area contributed by atoms with Crippen molar-refractivity contribution in [2.24, 2.45) is 0 Å². The van der Waals surface area contributed by atoms with Crippen molar-refractivity contribution in [2.45, 2.75) is 87.4 Å². The molecule has 0 spiro atoms. The zero-order chi connectivity index (χ0) is 49.2. The van der Waals surface area contributed by atoms with E-state index >= 15 is 0 Å². The molecule has 4 aromatic carbocycles. The minimum Gasteiger partial charge on any atom is -0.494 e. The number of nitrogens with zero attached hydrogens (tertiary/aromatic N) is 2. The molecule has 0 radical (unpaired) electrons. The van der Waals surface area contributed by atoms with Crippen LogP contribution in [0, 0.1) is 11.6 Å². The molecule has 8 N–H and O–H groups in total. The number of fused-ring (bicyclic) bond motifs is 2. The van der Waals surface area contributed by atoms with Crippen LogP contribution in [0.3, 0.4) is 0 Å². The first-order valence-electron chi connectivity index (χ1n) is 21.7. The van der Waals surface area contributed by atoms with Gasteiger partial charge in [-0.05, 0) is 97.2 Å². The van der Waals surface area contributed by atoms with Gasteiger partial charge < -0.3 is 61.0 Å². The zero-order valence-corrected chi connectivity index (χ0v) is 36.6. The van der Waals surface area contributed by atoms with E-state index in [4.69, 9.17) is 9.47 Å². The van der Waals surface area contributed by atoms with Crippen molar-refractivity contribution in [2.75, 3.05) is 60.8 Å². The van der Waals surface area contributed by atoms with E-state index in [2.05, 4.69) is 21.3 Å². The number of methoxy groups -OCH3 is 2. The molecule has 2 saturated heterocycles. The Morgan fingerprint density at radius 3 is 1.28 bits per heavy atom. The Morgan fingerprint density at radius 2 is 0.971 bits per heavy atom. The molecule has 4 aliphatic rings. The van der Waals surface area contributed by atoms with Gasteiger partial charge in [0.15, 0.2) is 12.2 Å². The Balaban J connectivity index is 0.000000201. The number of amides is 4. The second kappa shape index (κ2) is 20.2. The van der Waals surface area contributed by atoms with Gasteiger partial charge in [0.05, 0.1) is 49.9 Å². The average Bonchev–Trinajstić information content (AvgIpc) is 4.13. The molecule has 2 heterocycles. The van der Waals surface area contributed by atoms with Crippen LogP contribution in [0.2, 0.25) is 0 Å². The highest BCUT2D eigenvalue weighted by atomic mass is 19.4. The molecular formula is C46H50F8N6O8. The van der Waals surface area contributed by atoms with Crippen LogP contribution in [0.1, 0.15) is 83.5 Å². The summed E-state index contributed by atoms with van der Waals surface area (Å²) in [6.07, 6.45) is -14.2. The van der Waals surface area contributed by atoms with Crippen LogP contribution in [-0.2, 0) is 12.8 Å². The Labute approximate surface area is 384 Å². The first kappa shape index (κ1) is 49.8. The number of aliphatic hydroxyl groups excluding tert-OH is 4. The maximum atomic E-state index is 14.1. The molecule has 8 rings (SSSR count). The third kappa shape index (κ3) is 10.6. The minimum atomic E-state index is -4.94. The van der Waals surface area contributed by atoms with Crippen LogP contribution in [0.25, 0.3) is 0 Å². The molecule has 0 unspecified atom stereocenters. The standard InChI is InChI=1S/2C23H25F4N3O4/c2*1-34-20-15(21(32)23(25,26)27)9-12(30-7-2-3-8-30)10-18(20)29-22(33)28-17-11-14-13(19(17)31)5-4-6-16(14)24/h2*4-6,9-10,17,19,21,31-32H,2-3,7-8,11H2,1H3,(H2,28,29,33)/t17-,19+,21+;17-,19+,21-/m11/s1. The predicted octanol–water partition coefficient (Wildman–Crippen LogP) is 7.62. The van der Waals surface area contributed by atoms with Gasteiger partial charge in [0.1, 0.15) is 23.1 Å². The van der Waals surface area contributed by atoms with Gasteiger partial charge in [-0.25, -0.2) is 18.4 Å². The third-order valence-electron chi connectivity index (χ3n) is 12.5. The van der Waals surface area contributed by atoms with E-state index in [1.807, 2.05) is 9.80 Å². The number of anilines is 4. The van der Waals surface area contributed by atoms with Crippen molar-refractivity contribution in [1.82, 2.24) is 10.6 Å². The summed E-state index contributed by atoms with van der Waals surface area (Å²) in [6, 6.07) is 10.7. The number of carbonyl (C=O) groups is 2. The van der Waals surface area contributed by atoms with E-state index in [-0.39, 0.29) is 35.7 Å². The maximum Gasteiger partial charge on any atom is 0.418 e. The van der Waals surface area contributed by atoms with Gasteiger partial charge >= 0.3 is 24.4 Å². The van der Waals surface area contributed by atoms with Crippen molar-refractivity contribution in [3.8, 4) is 11.5 Å². The number of carbonyl (C=O) groups excluding carboxylic acids is 2. The Bertz CT molecular complexity index is 2310. The van der Waals surface area contributed by atoms with Gasteiger partial charge in [-0.3, -0.25) is 0 Å². The summed E-state index contributed by atoms with van der Waals surface area (Å²) in [5, 5.41) is 50.9. The van der Waals surface area contributed by atoms with E-state index in [1.54, 1.807) is 12.1 Å². The summed E-state index contributed by atoms with van der Waals surface area (Å²) in [6.45, 7) is 2.49. The fourth-order valence-corrected chi connectivity index (χ4v) is 9.13. The molecule has 14 nitrogen and oxygen atoms in total. The van der Waals surface area contributed by atoms with Gasteiger partial charge in [-0.2, -0.15) is 26.3 Å². The van der Waals surface area contributed by atoms with Crippen LogP contribution in [0.5, 0.6) is 11.5 Å². The van der Waals surface area contributed by atoms with Crippen molar-refractivity contribution in [3.05, 3.63) is 106 Å². The van der Waals surface area contributed by atoms with Crippen LogP contribution in [0.15, 0.2) is 60.7 Å². The molecular weight excluding hydrogens is 917 g/mol. The van der Waals surface area contributed by atoms with Crippen molar-refractivity contribution in [1.29, 1.82) is 0 Å². The van der Waals surface area contributed by atoms with Crippen molar-refractivity contribution >= 4 is 34.8 Å². The quantitative estimate of drug-likeness (QED) is 0.0735. The van der Waals surface area contributed by atoms with E-state index in [0.717, 1.165) is 39.9 Å². The van der Waals surface area contributed by atoms with E-state index in [0.29, 0.717) is 59.8 Å². The number of hydrogen-bond donors (Lipinski definition) is 8. The third-order valence-corrected chi connectivity index (χ3v) is 12.5. The fraction of sp³-hybridized carbons (Fsp3) is 0.435. The van der Waals surface area contributed by atoms with Gasteiger partial charge in [-0.15, -0.1) is 0 Å². The predicted molar refractivity (Wildman–Crippen MR) is 233 cm³/mol. The molecule has 368 valence electrons. The summed E-state index contributed by atoms with van der Waals surface area (Å²) in [5.74, 6) is -1.65.